The summed E-state index contributed by atoms with van der Waals surface area (Å²) in [5.74, 6) is -2.80. The third kappa shape index (κ3) is 8.18. The fourth-order valence-corrected chi connectivity index (χ4v) is 2.60. The Kier molecular flexibility index (Phi) is 8.59. The van der Waals surface area contributed by atoms with Crippen LogP contribution >= 0.6 is 11.6 Å². The van der Waals surface area contributed by atoms with Gasteiger partial charge in [-0.15, -0.1) is 0 Å². The summed E-state index contributed by atoms with van der Waals surface area (Å²) in [7, 11) is 0. The summed E-state index contributed by atoms with van der Waals surface area (Å²) < 4.78 is 70.0. The molecule has 2 amide bonds. The van der Waals surface area contributed by atoms with Gasteiger partial charge in [0.2, 0.25) is 5.91 Å². The van der Waals surface area contributed by atoms with Gasteiger partial charge in [0.1, 0.15) is 17.4 Å². The number of nitrogens with one attached hydrogen (secondary N) is 2. The molecule has 0 radical (unpaired) electrons. The molecule has 0 atom stereocenters. The van der Waals surface area contributed by atoms with Crippen LogP contribution in [-0.2, 0) is 22.3 Å². The Morgan fingerprint density at radius 3 is 2.41 bits per heavy atom. The molecule has 0 aliphatic rings. The smallest absolute Gasteiger partial charge is 0.416 e. The van der Waals surface area contributed by atoms with Gasteiger partial charge in [0.05, 0.1) is 10.6 Å². The van der Waals surface area contributed by atoms with Crippen LogP contribution in [0.5, 0.6) is 5.75 Å². The third-order valence-electron chi connectivity index (χ3n) is 4.01. The molecule has 11 heteroatoms. The average molecular weight is 477 g/mol. The molecule has 0 fully saturated rings. The first-order chi connectivity index (χ1) is 14.9. The standard InChI is InChI=1S/C21H18ClF5N2O3/c1-12(29-20(31)11-32-16-3-4-17(22)18(24)9-16)2-5-19(30)28-10-13-6-14(21(25,26)27)8-15(23)7-13/h3-4,6-9H,1-2,5,10-11H2,(H,28,30)(H,29,31). The van der Waals surface area contributed by atoms with E-state index in [0.29, 0.717) is 6.07 Å². The summed E-state index contributed by atoms with van der Waals surface area (Å²) in [4.78, 5) is 23.7. The molecule has 0 spiro atoms. The molecule has 0 heterocycles. The van der Waals surface area contributed by atoms with Crippen molar-refractivity contribution in [2.75, 3.05) is 6.61 Å². The molecule has 0 aromatic heterocycles. The summed E-state index contributed by atoms with van der Waals surface area (Å²) in [6.07, 6.45) is -4.78. The lowest BCUT2D eigenvalue weighted by Gasteiger charge is -2.11. The first kappa shape index (κ1) is 25.1. The maximum Gasteiger partial charge on any atom is 0.416 e. The molecule has 0 aliphatic carbocycles. The number of hydrogen-bond acceptors (Lipinski definition) is 3. The molecule has 0 saturated heterocycles. The molecule has 0 aliphatic heterocycles. The summed E-state index contributed by atoms with van der Waals surface area (Å²) in [6.45, 7) is 2.86. The van der Waals surface area contributed by atoms with Gasteiger partial charge in [-0.1, -0.05) is 18.2 Å². The van der Waals surface area contributed by atoms with E-state index < -0.39 is 41.8 Å². The molecule has 32 heavy (non-hydrogen) atoms. The number of halogens is 6. The largest absolute Gasteiger partial charge is 0.484 e. The minimum atomic E-state index is -4.71. The zero-order chi connectivity index (χ0) is 23.9. The van der Waals surface area contributed by atoms with E-state index in [1.165, 1.54) is 12.1 Å². The first-order valence-corrected chi connectivity index (χ1v) is 9.50. The van der Waals surface area contributed by atoms with Crippen LogP contribution < -0.4 is 15.4 Å². The van der Waals surface area contributed by atoms with Crippen molar-refractivity contribution in [3.8, 4) is 5.75 Å². The van der Waals surface area contributed by atoms with Gasteiger partial charge in [0.15, 0.2) is 6.61 Å². The lowest BCUT2D eigenvalue weighted by molar-refractivity contribution is -0.137. The number of ether oxygens (including phenoxy) is 1. The highest BCUT2D eigenvalue weighted by Gasteiger charge is 2.31. The van der Waals surface area contributed by atoms with Gasteiger partial charge < -0.3 is 15.4 Å². The van der Waals surface area contributed by atoms with Crippen molar-refractivity contribution in [1.82, 2.24) is 10.6 Å². The Labute approximate surface area is 185 Å². The molecule has 2 rings (SSSR count). The highest BCUT2D eigenvalue weighted by Crippen LogP contribution is 2.30. The normalized spacial score (nSPS) is 11.1. The Morgan fingerprint density at radius 2 is 1.75 bits per heavy atom. The fraction of sp³-hybridized carbons (Fsp3) is 0.238. The molecular formula is C21H18ClF5N2O3. The Balaban J connectivity index is 1.73. The van der Waals surface area contributed by atoms with Crippen molar-refractivity contribution in [2.24, 2.45) is 0 Å². The van der Waals surface area contributed by atoms with Crippen molar-refractivity contribution in [2.45, 2.75) is 25.6 Å². The molecule has 172 valence electrons. The Morgan fingerprint density at radius 1 is 1.03 bits per heavy atom. The molecule has 2 N–H and O–H groups in total. The summed E-state index contributed by atoms with van der Waals surface area (Å²) in [6, 6.07) is 5.68. The highest BCUT2D eigenvalue weighted by atomic mass is 35.5. The van der Waals surface area contributed by atoms with Gasteiger partial charge in [-0.05, 0) is 42.3 Å². The van der Waals surface area contributed by atoms with E-state index in [9.17, 15) is 31.5 Å². The molecule has 2 aromatic carbocycles. The maximum atomic E-state index is 13.4. The van der Waals surface area contributed by atoms with Gasteiger partial charge in [-0.3, -0.25) is 9.59 Å². The Bertz CT molecular complexity index is 1010. The minimum Gasteiger partial charge on any atom is -0.484 e. The number of benzene rings is 2. The average Bonchev–Trinajstić information content (AvgIpc) is 2.70. The van der Waals surface area contributed by atoms with Gasteiger partial charge in [0.25, 0.3) is 5.91 Å². The second-order valence-corrected chi connectivity index (χ2v) is 7.05. The predicted molar refractivity (Wildman–Crippen MR) is 107 cm³/mol. The van der Waals surface area contributed by atoms with Gasteiger partial charge in [0, 0.05) is 24.7 Å². The molecule has 5 nitrogen and oxygen atoms in total. The van der Waals surface area contributed by atoms with Crippen LogP contribution in [0, 0.1) is 11.6 Å². The van der Waals surface area contributed by atoms with Crippen molar-refractivity contribution >= 4 is 23.4 Å². The lowest BCUT2D eigenvalue weighted by atomic mass is 10.1. The number of carbonyl (C=O) groups is 2. The first-order valence-electron chi connectivity index (χ1n) is 9.13. The van der Waals surface area contributed by atoms with E-state index in [4.69, 9.17) is 16.3 Å². The van der Waals surface area contributed by atoms with Crippen molar-refractivity contribution in [3.05, 3.63) is 76.5 Å². The van der Waals surface area contributed by atoms with Crippen molar-refractivity contribution in [1.29, 1.82) is 0 Å². The van der Waals surface area contributed by atoms with Crippen LogP contribution in [0.1, 0.15) is 24.0 Å². The molecular weight excluding hydrogens is 459 g/mol. The number of carbonyl (C=O) groups excluding carboxylic acids is 2. The number of rotatable bonds is 9. The lowest BCUT2D eigenvalue weighted by Crippen LogP contribution is -2.29. The Hall–Kier alpha value is -3.14. The highest BCUT2D eigenvalue weighted by molar-refractivity contribution is 6.30. The molecule has 0 saturated carbocycles. The topological polar surface area (TPSA) is 67.4 Å². The maximum absolute atomic E-state index is 13.4. The second kappa shape index (κ2) is 10.9. The van der Waals surface area contributed by atoms with Crippen LogP contribution in [0.3, 0.4) is 0 Å². The second-order valence-electron chi connectivity index (χ2n) is 6.64. The van der Waals surface area contributed by atoms with E-state index in [1.54, 1.807) is 0 Å². The summed E-state index contributed by atoms with van der Waals surface area (Å²) in [5.41, 5.74) is -1.00. The number of allylic oxidation sites excluding steroid dienone is 1. The van der Waals surface area contributed by atoms with E-state index in [2.05, 4.69) is 17.2 Å². The van der Waals surface area contributed by atoms with E-state index in [1.807, 2.05) is 0 Å². The molecule has 0 unspecified atom stereocenters. The van der Waals surface area contributed by atoms with Crippen LogP contribution in [0.2, 0.25) is 5.02 Å². The van der Waals surface area contributed by atoms with Crippen LogP contribution in [0.25, 0.3) is 0 Å². The zero-order valence-electron chi connectivity index (χ0n) is 16.5. The van der Waals surface area contributed by atoms with Crippen LogP contribution in [0.15, 0.2) is 48.7 Å². The monoisotopic (exact) mass is 476 g/mol. The van der Waals surface area contributed by atoms with Gasteiger partial charge in [-0.2, -0.15) is 13.2 Å². The molecule has 2 aromatic rings. The number of amides is 2. The third-order valence-corrected chi connectivity index (χ3v) is 4.31. The molecule has 0 bridgehead atoms. The fourth-order valence-electron chi connectivity index (χ4n) is 2.48. The predicted octanol–water partition coefficient (Wildman–Crippen LogP) is 4.74. The van der Waals surface area contributed by atoms with E-state index >= 15 is 0 Å². The number of alkyl halides is 3. The van der Waals surface area contributed by atoms with Gasteiger partial charge >= 0.3 is 6.18 Å². The summed E-state index contributed by atoms with van der Waals surface area (Å²) in [5, 5.41) is 4.69. The van der Waals surface area contributed by atoms with Gasteiger partial charge in [-0.25, -0.2) is 8.78 Å². The summed E-state index contributed by atoms with van der Waals surface area (Å²) >= 11 is 5.55. The van der Waals surface area contributed by atoms with E-state index in [-0.39, 0.29) is 41.4 Å². The van der Waals surface area contributed by atoms with Crippen LogP contribution in [-0.4, -0.2) is 18.4 Å². The SMILES string of the molecule is C=C(CCC(=O)NCc1cc(F)cc(C(F)(F)F)c1)NC(=O)COc1ccc(Cl)c(F)c1. The zero-order valence-corrected chi connectivity index (χ0v) is 17.2. The van der Waals surface area contributed by atoms with Crippen molar-refractivity contribution in [3.63, 3.8) is 0 Å². The number of hydrogen-bond donors (Lipinski definition) is 2. The minimum absolute atomic E-state index is 0.0457. The van der Waals surface area contributed by atoms with Crippen molar-refractivity contribution < 1.29 is 36.3 Å². The van der Waals surface area contributed by atoms with E-state index in [0.717, 1.165) is 18.2 Å². The quantitative estimate of drug-likeness (QED) is 0.514. The van der Waals surface area contributed by atoms with Crippen LogP contribution in [0.4, 0.5) is 22.0 Å².